The van der Waals surface area contributed by atoms with Gasteiger partial charge in [0.05, 0.1) is 0 Å². The normalized spacial score (nSPS) is 12.2. The molecule has 0 heterocycles. The fourth-order valence-corrected chi connectivity index (χ4v) is 2.05. The van der Waals surface area contributed by atoms with Crippen LogP contribution in [0.3, 0.4) is 0 Å². The predicted octanol–water partition coefficient (Wildman–Crippen LogP) is 3.68. The van der Waals surface area contributed by atoms with E-state index in [1.54, 1.807) is 13.0 Å². The van der Waals surface area contributed by atoms with Crippen LogP contribution in [-0.2, 0) is 4.79 Å². The minimum absolute atomic E-state index is 0.0277. The Labute approximate surface area is 109 Å². The molecule has 0 aliphatic rings. The average molecular weight is 275 g/mol. The van der Waals surface area contributed by atoms with Crippen LogP contribution in [0.4, 0.5) is 0 Å². The van der Waals surface area contributed by atoms with Gasteiger partial charge in [-0.1, -0.05) is 30.1 Å². The van der Waals surface area contributed by atoms with Crippen LogP contribution in [-0.4, -0.2) is 16.9 Å². The van der Waals surface area contributed by atoms with Gasteiger partial charge in [0.15, 0.2) is 5.78 Å². The molecule has 0 spiro atoms. The molecule has 0 amide bonds. The first-order chi connectivity index (χ1) is 7.88. The number of rotatable bonds is 5. The molecule has 1 aromatic rings. The summed E-state index contributed by atoms with van der Waals surface area (Å²) in [5, 5.41) is 9.39. The molecule has 5 heteroatoms. The van der Waals surface area contributed by atoms with Gasteiger partial charge in [-0.05, 0) is 24.1 Å². The van der Waals surface area contributed by atoms with Crippen LogP contribution in [0, 0.1) is 5.92 Å². The van der Waals surface area contributed by atoms with Gasteiger partial charge < -0.3 is 5.11 Å². The van der Waals surface area contributed by atoms with Gasteiger partial charge in [-0.3, -0.25) is 9.59 Å². The zero-order valence-corrected chi connectivity index (χ0v) is 10.8. The SMILES string of the molecule is C[C@@H](CC(=O)O)CC(=O)c1cc(Cl)cc(Cl)c1. The second kappa shape index (κ2) is 6.03. The Morgan fingerprint density at radius 2 is 1.71 bits per heavy atom. The summed E-state index contributed by atoms with van der Waals surface area (Å²) >= 11 is 11.6. The molecule has 0 unspecified atom stereocenters. The molecule has 0 saturated carbocycles. The van der Waals surface area contributed by atoms with Crippen molar-refractivity contribution in [3.63, 3.8) is 0 Å². The average Bonchev–Trinajstić information content (AvgIpc) is 2.14. The van der Waals surface area contributed by atoms with Crippen LogP contribution in [0.5, 0.6) is 0 Å². The lowest BCUT2D eigenvalue weighted by Crippen LogP contribution is -2.10. The molecule has 0 saturated heterocycles. The molecule has 92 valence electrons. The highest BCUT2D eigenvalue weighted by Crippen LogP contribution is 2.21. The van der Waals surface area contributed by atoms with Gasteiger partial charge in [-0.15, -0.1) is 0 Å². The first-order valence-electron chi connectivity index (χ1n) is 5.09. The molecule has 0 aliphatic carbocycles. The summed E-state index contributed by atoms with van der Waals surface area (Å²) in [4.78, 5) is 22.3. The molecule has 1 aromatic carbocycles. The van der Waals surface area contributed by atoms with Gasteiger partial charge in [0.1, 0.15) is 0 Å². The summed E-state index contributed by atoms with van der Waals surface area (Å²) < 4.78 is 0. The molecule has 1 atom stereocenters. The maximum atomic E-state index is 11.8. The van der Waals surface area contributed by atoms with E-state index in [2.05, 4.69) is 0 Å². The molecule has 1 rings (SSSR count). The topological polar surface area (TPSA) is 54.4 Å². The number of carbonyl (C=O) groups excluding carboxylic acids is 1. The van der Waals surface area contributed by atoms with Crippen LogP contribution in [0.1, 0.15) is 30.1 Å². The van der Waals surface area contributed by atoms with Crippen LogP contribution < -0.4 is 0 Å². The van der Waals surface area contributed by atoms with Crippen molar-refractivity contribution in [3.05, 3.63) is 33.8 Å². The molecule has 1 N–H and O–H groups in total. The molecule has 17 heavy (non-hydrogen) atoms. The smallest absolute Gasteiger partial charge is 0.303 e. The van der Waals surface area contributed by atoms with E-state index < -0.39 is 5.97 Å². The van der Waals surface area contributed by atoms with Crippen molar-refractivity contribution < 1.29 is 14.7 Å². The Kier molecular flexibility index (Phi) is 4.97. The van der Waals surface area contributed by atoms with Crippen molar-refractivity contribution in [1.29, 1.82) is 0 Å². The molecular weight excluding hydrogens is 263 g/mol. The van der Waals surface area contributed by atoms with E-state index in [0.29, 0.717) is 15.6 Å². The van der Waals surface area contributed by atoms with Gasteiger partial charge in [-0.2, -0.15) is 0 Å². The highest BCUT2D eigenvalue weighted by Gasteiger charge is 2.15. The van der Waals surface area contributed by atoms with Gasteiger partial charge in [0, 0.05) is 28.5 Å². The van der Waals surface area contributed by atoms with E-state index in [0.717, 1.165) is 0 Å². The number of hydrogen-bond donors (Lipinski definition) is 1. The first-order valence-corrected chi connectivity index (χ1v) is 5.85. The van der Waals surface area contributed by atoms with Crippen LogP contribution in [0.15, 0.2) is 18.2 Å². The Bertz CT molecular complexity index is 423. The highest BCUT2D eigenvalue weighted by atomic mass is 35.5. The molecule has 0 radical (unpaired) electrons. The number of carboxylic acid groups (broad SMARTS) is 1. The van der Waals surface area contributed by atoms with Crippen molar-refractivity contribution in [2.24, 2.45) is 5.92 Å². The maximum absolute atomic E-state index is 11.8. The first kappa shape index (κ1) is 14.0. The quantitative estimate of drug-likeness (QED) is 0.834. The van der Waals surface area contributed by atoms with E-state index in [1.165, 1.54) is 12.1 Å². The standard InChI is InChI=1S/C12H12Cl2O3/c1-7(3-12(16)17)2-11(15)8-4-9(13)6-10(14)5-8/h4-7H,2-3H2,1H3,(H,16,17)/t7-/m1/s1. The lowest BCUT2D eigenvalue weighted by atomic mass is 9.97. The van der Waals surface area contributed by atoms with Crippen LogP contribution >= 0.6 is 23.2 Å². The largest absolute Gasteiger partial charge is 0.481 e. The number of aliphatic carboxylic acids is 1. The Hall–Kier alpha value is -1.06. The fourth-order valence-electron chi connectivity index (χ4n) is 1.52. The molecule has 0 aromatic heterocycles. The van der Waals surface area contributed by atoms with E-state index >= 15 is 0 Å². The minimum atomic E-state index is -0.908. The monoisotopic (exact) mass is 274 g/mol. The van der Waals surface area contributed by atoms with Gasteiger partial charge in [-0.25, -0.2) is 0 Å². The molecular formula is C12H12Cl2O3. The van der Waals surface area contributed by atoms with Crippen LogP contribution in [0.25, 0.3) is 0 Å². The summed E-state index contributed by atoms with van der Waals surface area (Å²) in [5.41, 5.74) is 0.416. The number of halogens is 2. The Morgan fingerprint density at radius 3 is 2.18 bits per heavy atom. The van der Waals surface area contributed by atoms with E-state index in [4.69, 9.17) is 28.3 Å². The third kappa shape index (κ3) is 4.75. The van der Waals surface area contributed by atoms with Crippen LogP contribution in [0.2, 0.25) is 10.0 Å². The summed E-state index contributed by atoms with van der Waals surface area (Å²) in [6.45, 7) is 1.72. The van der Waals surface area contributed by atoms with Gasteiger partial charge in [0.2, 0.25) is 0 Å². The zero-order valence-electron chi connectivity index (χ0n) is 9.24. The summed E-state index contributed by atoms with van der Waals surface area (Å²) in [6.07, 6.45) is 0.142. The van der Waals surface area contributed by atoms with E-state index in [9.17, 15) is 9.59 Å². The molecule has 0 aliphatic heterocycles. The number of benzene rings is 1. The van der Waals surface area contributed by atoms with E-state index in [-0.39, 0.29) is 24.5 Å². The van der Waals surface area contributed by atoms with Gasteiger partial charge >= 0.3 is 5.97 Å². The van der Waals surface area contributed by atoms with Gasteiger partial charge in [0.25, 0.3) is 0 Å². The van der Waals surface area contributed by atoms with Crippen molar-refractivity contribution >= 4 is 35.0 Å². The van der Waals surface area contributed by atoms with Crippen molar-refractivity contribution in [3.8, 4) is 0 Å². The highest BCUT2D eigenvalue weighted by molar-refractivity contribution is 6.35. The number of ketones is 1. The summed E-state index contributed by atoms with van der Waals surface area (Å²) in [7, 11) is 0. The second-order valence-electron chi connectivity index (χ2n) is 3.99. The van der Waals surface area contributed by atoms with Crippen molar-refractivity contribution in [1.82, 2.24) is 0 Å². The second-order valence-corrected chi connectivity index (χ2v) is 4.86. The molecule has 3 nitrogen and oxygen atoms in total. The fraction of sp³-hybridized carbons (Fsp3) is 0.333. The lowest BCUT2D eigenvalue weighted by Gasteiger charge is -2.08. The molecule has 0 fully saturated rings. The number of hydrogen-bond acceptors (Lipinski definition) is 2. The Balaban J connectivity index is 2.72. The van der Waals surface area contributed by atoms with Crippen molar-refractivity contribution in [2.75, 3.05) is 0 Å². The molecule has 0 bridgehead atoms. The maximum Gasteiger partial charge on any atom is 0.303 e. The van der Waals surface area contributed by atoms with E-state index in [1.807, 2.05) is 0 Å². The summed E-state index contributed by atoms with van der Waals surface area (Å²) in [6, 6.07) is 4.60. The zero-order chi connectivity index (χ0) is 13.0. The minimum Gasteiger partial charge on any atom is -0.481 e. The number of carbonyl (C=O) groups is 2. The lowest BCUT2D eigenvalue weighted by molar-refractivity contribution is -0.137. The number of Topliss-reactive ketones (excluding diaryl/α,β-unsaturated/α-hetero) is 1. The Morgan fingerprint density at radius 1 is 1.18 bits per heavy atom. The van der Waals surface area contributed by atoms with Crippen molar-refractivity contribution in [2.45, 2.75) is 19.8 Å². The number of carboxylic acids is 1. The third-order valence-corrected chi connectivity index (χ3v) is 2.68. The predicted molar refractivity (Wildman–Crippen MR) is 66.8 cm³/mol. The summed E-state index contributed by atoms with van der Waals surface area (Å²) in [5.74, 6) is -1.27. The third-order valence-electron chi connectivity index (χ3n) is 2.24.